The van der Waals surface area contributed by atoms with E-state index in [1.165, 1.54) is 0 Å². The quantitative estimate of drug-likeness (QED) is 0.789. The molecular formula is C11H13ClN2OS. The molecule has 0 radical (unpaired) electrons. The number of nitrogens with zero attached hydrogens (tertiary/aromatic N) is 1. The molecule has 3 N–H and O–H groups in total. The van der Waals surface area contributed by atoms with Gasteiger partial charge in [-0.15, -0.1) is 0 Å². The number of halogens is 1. The third-order valence-electron chi connectivity index (χ3n) is 2.74. The van der Waals surface area contributed by atoms with E-state index in [0.29, 0.717) is 22.1 Å². The lowest BCUT2D eigenvalue weighted by molar-refractivity contribution is 0.198. The molecule has 0 amide bonds. The summed E-state index contributed by atoms with van der Waals surface area (Å²) < 4.78 is 0. The zero-order chi connectivity index (χ0) is 11.7. The van der Waals surface area contributed by atoms with Crippen LogP contribution in [-0.4, -0.2) is 29.3 Å². The van der Waals surface area contributed by atoms with Crippen molar-refractivity contribution in [3.8, 4) is 0 Å². The summed E-state index contributed by atoms with van der Waals surface area (Å²) in [5.41, 5.74) is 7.29. The molecule has 0 spiro atoms. The van der Waals surface area contributed by atoms with Crippen molar-refractivity contribution in [3.63, 3.8) is 0 Å². The molecule has 1 aromatic rings. The van der Waals surface area contributed by atoms with Crippen LogP contribution in [0.4, 0.5) is 5.69 Å². The third-order valence-corrected chi connectivity index (χ3v) is 3.26. The predicted octanol–water partition coefficient (Wildman–Crippen LogP) is 1.55. The lowest BCUT2D eigenvalue weighted by Gasteiger charge is -2.21. The summed E-state index contributed by atoms with van der Waals surface area (Å²) in [4.78, 5) is 2.35. The van der Waals surface area contributed by atoms with Crippen molar-refractivity contribution >= 4 is 34.5 Å². The minimum Gasteiger partial charge on any atom is -0.391 e. The normalized spacial score (nSPS) is 20.1. The molecule has 1 aliphatic rings. The number of hydrogen-bond acceptors (Lipinski definition) is 3. The van der Waals surface area contributed by atoms with Gasteiger partial charge < -0.3 is 15.7 Å². The van der Waals surface area contributed by atoms with Gasteiger partial charge >= 0.3 is 0 Å². The molecular weight excluding hydrogens is 244 g/mol. The minimum atomic E-state index is -0.279. The van der Waals surface area contributed by atoms with E-state index in [0.717, 1.165) is 18.7 Å². The number of thiocarbonyl (C=S) groups is 1. The number of aliphatic hydroxyl groups is 1. The van der Waals surface area contributed by atoms with E-state index in [-0.39, 0.29) is 6.10 Å². The molecule has 1 unspecified atom stereocenters. The topological polar surface area (TPSA) is 49.5 Å². The number of rotatable bonds is 2. The van der Waals surface area contributed by atoms with Gasteiger partial charge in [0.15, 0.2) is 0 Å². The Morgan fingerprint density at radius 2 is 2.31 bits per heavy atom. The fourth-order valence-corrected chi connectivity index (χ4v) is 2.52. The maximum Gasteiger partial charge on any atom is 0.107 e. The van der Waals surface area contributed by atoms with E-state index >= 15 is 0 Å². The van der Waals surface area contributed by atoms with Gasteiger partial charge in [0.05, 0.1) is 16.7 Å². The molecule has 1 aliphatic heterocycles. The molecule has 1 aromatic carbocycles. The summed E-state index contributed by atoms with van der Waals surface area (Å²) in [5.74, 6) is 0. The van der Waals surface area contributed by atoms with Crippen molar-refractivity contribution in [1.82, 2.24) is 0 Å². The SMILES string of the molecule is NC(=S)c1c(Cl)cccc1N1CCC(O)C1. The predicted molar refractivity (Wildman–Crippen MR) is 70.2 cm³/mol. The Morgan fingerprint density at radius 1 is 1.56 bits per heavy atom. The highest BCUT2D eigenvalue weighted by molar-refractivity contribution is 7.80. The van der Waals surface area contributed by atoms with E-state index in [1.54, 1.807) is 6.07 Å². The number of benzene rings is 1. The second kappa shape index (κ2) is 4.57. The lowest BCUT2D eigenvalue weighted by Crippen LogP contribution is -2.25. The van der Waals surface area contributed by atoms with Gasteiger partial charge in [-0.05, 0) is 18.6 Å². The Balaban J connectivity index is 2.40. The Labute approximate surface area is 105 Å². The zero-order valence-electron chi connectivity index (χ0n) is 8.69. The highest BCUT2D eigenvalue weighted by Crippen LogP contribution is 2.29. The van der Waals surface area contributed by atoms with Gasteiger partial charge in [0, 0.05) is 18.8 Å². The number of hydrogen-bond donors (Lipinski definition) is 2. The Hall–Kier alpha value is -0.840. The van der Waals surface area contributed by atoms with Gasteiger partial charge in [0.2, 0.25) is 0 Å². The molecule has 0 aliphatic carbocycles. The van der Waals surface area contributed by atoms with Gasteiger partial charge in [-0.1, -0.05) is 29.9 Å². The standard InChI is InChI=1S/C11H13ClN2OS/c12-8-2-1-3-9(10(8)11(13)16)14-5-4-7(15)6-14/h1-3,7,15H,4-6H2,(H2,13,16). The smallest absolute Gasteiger partial charge is 0.107 e. The molecule has 16 heavy (non-hydrogen) atoms. The van der Waals surface area contributed by atoms with Gasteiger partial charge in [0.1, 0.15) is 4.99 Å². The first-order valence-electron chi connectivity index (χ1n) is 5.11. The van der Waals surface area contributed by atoms with Crippen molar-refractivity contribution in [2.45, 2.75) is 12.5 Å². The molecule has 5 heteroatoms. The van der Waals surface area contributed by atoms with Crippen molar-refractivity contribution in [2.75, 3.05) is 18.0 Å². The maximum atomic E-state index is 9.52. The summed E-state index contributed by atoms with van der Waals surface area (Å²) in [7, 11) is 0. The third kappa shape index (κ3) is 2.14. The number of aliphatic hydroxyl groups excluding tert-OH is 1. The van der Waals surface area contributed by atoms with E-state index in [2.05, 4.69) is 4.90 Å². The Morgan fingerprint density at radius 3 is 2.88 bits per heavy atom. The van der Waals surface area contributed by atoms with Crippen molar-refractivity contribution in [2.24, 2.45) is 5.73 Å². The van der Waals surface area contributed by atoms with E-state index in [9.17, 15) is 5.11 Å². The first-order chi connectivity index (χ1) is 7.59. The number of β-amino-alcohol motifs (C(OH)–C–C–N with tert-alkyl or cyclic N) is 1. The van der Waals surface area contributed by atoms with E-state index in [4.69, 9.17) is 29.6 Å². The van der Waals surface area contributed by atoms with Crippen LogP contribution in [0.2, 0.25) is 5.02 Å². The first-order valence-corrected chi connectivity index (χ1v) is 5.89. The summed E-state index contributed by atoms with van der Waals surface area (Å²) in [6.45, 7) is 1.41. The van der Waals surface area contributed by atoms with E-state index in [1.807, 2.05) is 12.1 Å². The Kier molecular flexibility index (Phi) is 3.33. The number of anilines is 1. The average Bonchev–Trinajstić information content (AvgIpc) is 2.63. The van der Waals surface area contributed by atoms with Crippen LogP contribution in [0.15, 0.2) is 18.2 Å². The molecule has 0 bridgehead atoms. The lowest BCUT2D eigenvalue weighted by atomic mass is 10.1. The van der Waals surface area contributed by atoms with Crippen molar-refractivity contribution < 1.29 is 5.11 Å². The molecule has 3 nitrogen and oxygen atoms in total. The van der Waals surface area contributed by atoms with Crippen LogP contribution < -0.4 is 10.6 Å². The van der Waals surface area contributed by atoms with Crippen molar-refractivity contribution in [3.05, 3.63) is 28.8 Å². The number of nitrogens with two attached hydrogens (primary N) is 1. The van der Waals surface area contributed by atoms with Crippen molar-refractivity contribution in [1.29, 1.82) is 0 Å². The van der Waals surface area contributed by atoms with Gasteiger partial charge in [-0.25, -0.2) is 0 Å². The van der Waals surface area contributed by atoms with Gasteiger partial charge in [-0.2, -0.15) is 0 Å². The van der Waals surface area contributed by atoms with Gasteiger partial charge in [0.25, 0.3) is 0 Å². The molecule has 1 atom stereocenters. The summed E-state index contributed by atoms with van der Waals surface area (Å²) in [5, 5.41) is 10.1. The second-order valence-electron chi connectivity index (χ2n) is 3.89. The van der Waals surface area contributed by atoms with Crippen LogP contribution in [0, 0.1) is 0 Å². The molecule has 1 saturated heterocycles. The zero-order valence-corrected chi connectivity index (χ0v) is 10.3. The highest BCUT2D eigenvalue weighted by atomic mass is 35.5. The molecule has 1 fully saturated rings. The average molecular weight is 257 g/mol. The van der Waals surface area contributed by atoms with Crippen LogP contribution >= 0.6 is 23.8 Å². The van der Waals surface area contributed by atoms with E-state index < -0.39 is 0 Å². The largest absolute Gasteiger partial charge is 0.391 e. The fraction of sp³-hybridized carbons (Fsp3) is 0.364. The molecule has 0 aromatic heterocycles. The van der Waals surface area contributed by atoms with Crippen LogP contribution in [0.5, 0.6) is 0 Å². The van der Waals surface area contributed by atoms with Crippen LogP contribution in [0.25, 0.3) is 0 Å². The summed E-state index contributed by atoms with van der Waals surface area (Å²) in [6.07, 6.45) is 0.488. The molecule has 2 rings (SSSR count). The monoisotopic (exact) mass is 256 g/mol. The minimum absolute atomic E-state index is 0.279. The highest BCUT2D eigenvalue weighted by Gasteiger charge is 2.23. The van der Waals surface area contributed by atoms with Crippen LogP contribution in [0.1, 0.15) is 12.0 Å². The Bertz CT molecular complexity index is 424. The summed E-state index contributed by atoms with van der Waals surface area (Å²) >= 11 is 11.1. The van der Waals surface area contributed by atoms with Gasteiger partial charge in [-0.3, -0.25) is 0 Å². The molecule has 0 saturated carbocycles. The molecule has 86 valence electrons. The maximum absolute atomic E-state index is 9.52. The van der Waals surface area contributed by atoms with Crippen LogP contribution in [0.3, 0.4) is 0 Å². The fourth-order valence-electron chi connectivity index (χ4n) is 1.98. The first kappa shape index (κ1) is 11.6. The summed E-state index contributed by atoms with van der Waals surface area (Å²) in [6, 6.07) is 5.56. The molecule has 1 heterocycles. The second-order valence-corrected chi connectivity index (χ2v) is 4.73. The van der Waals surface area contributed by atoms with Crippen LogP contribution in [-0.2, 0) is 0 Å².